The van der Waals surface area contributed by atoms with Gasteiger partial charge in [-0.25, -0.2) is 4.57 Å². The lowest BCUT2D eigenvalue weighted by Crippen LogP contribution is -2.70. The van der Waals surface area contributed by atoms with Crippen molar-refractivity contribution in [3.63, 3.8) is 0 Å². The molecule has 0 N–H and O–H groups in total. The fraction of sp³-hybridized carbons (Fsp3) is 0.0600. The molecule has 2 unspecified atom stereocenters. The quantitative estimate of drug-likeness (QED) is 0.167. The van der Waals surface area contributed by atoms with Crippen LogP contribution in [0.1, 0.15) is 11.1 Å². The van der Waals surface area contributed by atoms with Crippen LogP contribution in [0.4, 0.5) is 17.1 Å². The number of hydrogen-bond donors (Lipinski definition) is 0. The minimum Gasteiger partial charge on any atom is -0.348 e. The van der Waals surface area contributed by atoms with Crippen molar-refractivity contribution in [1.29, 1.82) is 0 Å². The molecule has 0 fully saturated rings. The van der Waals surface area contributed by atoms with Crippen LogP contribution in [0.3, 0.4) is 0 Å². The van der Waals surface area contributed by atoms with Crippen molar-refractivity contribution in [3.05, 3.63) is 181 Å². The molecule has 5 heteroatoms. The molecule has 7 aromatic carbocycles. The molecule has 0 bridgehead atoms. The van der Waals surface area contributed by atoms with Crippen molar-refractivity contribution in [2.75, 3.05) is 16.8 Å². The van der Waals surface area contributed by atoms with Gasteiger partial charge in [0, 0.05) is 34.7 Å². The molecular weight excluding hydrogens is 671 g/mol. The number of hydrogen-bond acceptors (Lipinski definition) is 2. The van der Waals surface area contributed by atoms with E-state index in [4.69, 9.17) is 0 Å². The highest BCUT2D eigenvalue weighted by atomic mass is 15.5. The molecule has 0 amide bonds. The zero-order valence-corrected chi connectivity index (χ0v) is 30.0. The van der Waals surface area contributed by atoms with Gasteiger partial charge in [0.1, 0.15) is 5.52 Å². The summed E-state index contributed by atoms with van der Waals surface area (Å²) in [4.78, 5) is 5.23. The highest BCUT2D eigenvalue weighted by Gasteiger charge is 2.68. The average molecular weight is 703 g/mol. The zero-order chi connectivity index (χ0) is 35.7. The third-order valence-electron chi connectivity index (χ3n) is 13.2. The van der Waals surface area contributed by atoms with E-state index in [9.17, 15) is 0 Å². The molecule has 0 saturated carbocycles. The molecule has 4 aliphatic heterocycles. The molecule has 4 aliphatic rings. The van der Waals surface area contributed by atoms with E-state index in [0.29, 0.717) is 0 Å². The summed E-state index contributed by atoms with van der Waals surface area (Å²) in [6, 6.07) is 61.0. The molecule has 7 heterocycles. The molecule has 3 aromatic heterocycles. The summed E-state index contributed by atoms with van der Waals surface area (Å²) >= 11 is 0. The summed E-state index contributed by atoms with van der Waals surface area (Å²) in [7, 11) is 2.32. The first-order valence-electron chi connectivity index (χ1n) is 19.2. The number of aromatic nitrogens is 3. The normalized spacial score (nSPS) is 18.1. The Morgan fingerprint density at radius 3 is 1.85 bits per heavy atom. The fourth-order valence-electron chi connectivity index (χ4n) is 11.2. The summed E-state index contributed by atoms with van der Waals surface area (Å²) in [5.41, 5.74) is 17.3. The van der Waals surface area contributed by atoms with Crippen molar-refractivity contribution < 1.29 is 4.57 Å². The second-order valence-corrected chi connectivity index (χ2v) is 15.6. The molecule has 55 heavy (non-hydrogen) atoms. The largest absolute Gasteiger partial charge is 0.348 e. The van der Waals surface area contributed by atoms with Gasteiger partial charge in [-0.3, -0.25) is 0 Å². The Bertz CT molecular complexity index is 3340. The highest BCUT2D eigenvalue weighted by Crippen LogP contribution is 2.64. The molecular formula is C50H32N5+. The van der Waals surface area contributed by atoms with Crippen molar-refractivity contribution in [3.8, 4) is 33.8 Å². The van der Waals surface area contributed by atoms with Crippen LogP contribution in [0.15, 0.2) is 170 Å². The van der Waals surface area contributed by atoms with E-state index in [1.165, 1.54) is 106 Å². The van der Waals surface area contributed by atoms with Gasteiger partial charge in [-0.1, -0.05) is 103 Å². The molecule has 14 rings (SSSR count). The Kier molecular flexibility index (Phi) is 4.91. The third-order valence-corrected chi connectivity index (χ3v) is 13.2. The number of fused-ring (bicyclic) bond motifs is 13. The molecule has 0 aliphatic carbocycles. The van der Waals surface area contributed by atoms with Gasteiger partial charge in [-0.05, 0) is 76.9 Å². The van der Waals surface area contributed by atoms with Crippen LogP contribution >= 0.6 is 0 Å². The number of rotatable bonds is 2. The Hall–Kier alpha value is -7.11. The Balaban J connectivity index is 1.09. The van der Waals surface area contributed by atoms with Crippen molar-refractivity contribution in [1.82, 2.24) is 9.13 Å². The van der Waals surface area contributed by atoms with Gasteiger partial charge in [0.05, 0.1) is 51.1 Å². The zero-order valence-electron chi connectivity index (χ0n) is 30.0. The molecule has 0 radical (unpaired) electrons. The van der Waals surface area contributed by atoms with E-state index in [2.05, 4.69) is 201 Å². The van der Waals surface area contributed by atoms with Gasteiger partial charge >= 0.3 is 0 Å². The van der Waals surface area contributed by atoms with Crippen LogP contribution in [0.2, 0.25) is 0 Å². The molecule has 5 nitrogen and oxygen atoms in total. The smallest absolute Gasteiger partial charge is 0.288 e. The lowest BCUT2D eigenvalue weighted by Gasteiger charge is -2.43. The lowest BCUT2D eigenvalue weighted by molar-refractivity contribution is -0.740. The Labute approximate surface area is 316 Å². The second-order valence-electron chi connectivity index (χ2n) is 15.6. The standard InChI is InChI=1S/C50H32N5/c1-51-43-28-33(32-23-21-31(22-24-32)30-12-3-2-4-13-30)25-26-40(43)54-42-19-11-18-41-45(42)50(49(51)54)46-47-36(34-14-5-7-16-38(34)53(41)47)29-37-35-15-6-8-17-39(35)55(48(37)46)44-20-9-10-27-52(44)50/h2-29,49H,1H3/q+1. The van der Waals surface area contributed by atoms with Gasteiger partial charge in [0.25, 0.3) is 5.82 Å². The second kappa shape index (κ2) is 9.51. The Morgan fingerprint density at radius 2 is 1.07 bits per heavy atom. The van der Waals surface area contributed by atoms with Crippen LogP contribution < -0.4 is 14.4 Å². The lowest BCUT2D eigenvalue weighted by atomic mass is 9.75. The first-order chi connectivity index (χ1) is 27.2. The summed E-state index contributed by atoms with van der Waals surface area (Å²) in [5.74, 6) is 1.19. The summed E-state index contributed by atoms with van der Waals surface area (Å²) in [6.45, 7) is 0. The monoisotopic (exact) mass is 702 g/mol. The van der Waals surface area contributed by atoms with Gasteiger partial charge < -0.3 is 14.4 Å². The van der Waals surface area contributed by atoms with E-state index < -0.39 is 5.54 Å². The van der Waals surface area contributed by atoms with Gasteiger partial charge in [0.15, 0.2) is 11.7 Å². The summed E-state index contributed by atoms with van der Waals surface area (Å²) in [5, 5.41) is 5.22. The molecule has 1 spiro atoms. The van der Waals surface area contributed by atoms with Crippen LogP contribution in [0, 0.1) is 0 Å². The van der Waals surface area contributed by atoms with Crippen molar-refractivity contribution in [2.45, 2.75) is 11.7 Å². The molecule has 10 aromatic rings. The topological polar surface area (TPSA) is 20.2 Å². The van der Waals surface area contributed by atoms with Gasteiger partial charge in [-0.15, -0.1) is 0 Å². The SMILES string of the molecule is CN1c2cc(-c3ccc(-c4ccccc4)cc3)ccc2N2c3cccc4c3C3(c5c6c(cc7c8ccccc8n(c57)-c5cccc[n+]53)c3ccccc3n6-4)C12. The van der Waals surface area contributed by atoms with E-state index in [1.54, 1.807) is 0 Å². The van der Waals surface area contributed by atoms with E-state index in [0.717, 1.165) is 0 Å². The fourth-order valence-corrected chi connectivity index (χ4v) is 11.2. The summed E-state index contributed by atoms with van der Waals surface area (Å²) in [6.07, 6.45) is 2.30. The van der Waals surface area contributed by atoms with Crippen molar-refractivity contribution >= 4 is 60.7 Å². The maximum Gasteiger partial charge on any atom is 0.288 e. The number of nitrogens with zero attached hydrogens (tertiary/aromatic N) is 5. The van der Waals surface area contributed by atoms with E-state index in [-0.39, 0.29) is 6.17 Å². The van der Waals surface area contributed by atoms with E-state index >= 15 is 0 Å². The van der Waals surface area contributed by atoms with Crippen molar-refractivity contribution in [2.24, 2.45) is 0 Å². The number of pyridine rings is 1. The Morgan fingerprint density at radius 1 is 0.455 bits per heavy atom. The number of anilines is 3. The number of likely N-dealkylation sites (N-methyl/N-ethyl adjacent to an activating group) is 1. The average Bonchev–Trinajstić information content (AvgIpc) is 3.95. The van der Waals surface area contributed by atoms with Gasteiger partial charge in [-0.2, -0.15) is 4.57 Å². The number of para-hydroxylation sites is 2. The van der Waals surface area contributed by atoms with Crippen LogP contribution in [0.25, 0.3) is 77.4 Å². The van der Waals surface area contributed by atoms with Gasteiger partial charge in [0.2, 0.25) is 5.54 Å². The first-order valence-corrected chi connectivity index (χ1v) is 19.2. The molecule has 256 valence electrons. The minimum atomic E-state index is -0.555. The minimum absolute atomic E-state index is 0.0483. The molecule has 2 atom stereocenters. The third kappa shape index (κ3) is 3.09. The van der Waals surface area contributed by atoms with Crippen LogP contribution in [-0.2, 0) is 5.54 Å². The summed E-state index contributed by atoms with van der Waals surface area (Å²) < 4.78 is 7.75. The highest BCUT2D eigenvalue weighted by molar-refractivity contribution is 6.23. The maximum atomic E-state index is 2.65. The predicted molar refractivity (Wildman–Crippen MR) is 223 cm³/mol. The predicted octanol–water partition coefficient (Wildman–Crippen LogP) is 10.8. The maximum absolute atomic E-state index is 2.65. The molecule has 0 saturated heterocycles. The number of benzene rings is 7. The van der Waals surface area contributed by atoms with Crippen LogP contribution in [-0.4, -0.2) is 22.3 Å². The first kappa shape index (κ1) is 28.4. The van der Waals surface area contributed by atoms with E-state index in [1.807, 2.05) is 0 Å². The van der Waals surface area contributed by atoms with Crippen LogP contribution in [0.5, 0.6) is 0 Å².